The molecule has 0 saturated heterocycles. The minimum Gasteiger partial charge on any atom is -0.384 e. The highest BCUT2D eigenvalue weighted by atomic mass is 16.6. The smallest absolute Gasteiger partial charge is 0.300 e. The third kappa shape index (κ3) is 3.89. The Morgan fingerprint density at radius 1 is 1.55 bits per heavy atom. The van der Waals surface area contributed by atoms with Crippen molar-refractivity contribution in [2.24, 2.45) is 0 Å². The number of likely N-dealkylation sites (N-methyl/N-ethyl adjacent to an activating group) is 1. The van der Waals surface area contributed by atoms with Crippen LogP contribution < -0.4 is 5.73 Å². The SMILES string of the molecule is CCOCCN(CC)C(=O)c1cc(N)ncc1[N+](=O)[O-]. The van der Waals surface area contributed by atoms with Gasteiger partial charge in [0.25, 0.3) is 11.6 Å². The number of ether oxygens (including phenoxy) is 1. The molecule has 0 unspecified atom stereocenters. The average molecular weight is 282 g/mol. The molecule has 1 heterocycles. The van der Waals surface area contributed by atoms with Gasteiger partial charge in [0.1, 0.15) is 17.6 Å². The molecule has 0 fully saturated rings. The van der Waals surface area contributed by atoms with Crippen LogP contribution in [0, 0.1) is 10.1 Å². The fraction of sp³-hybridized carbons (Fsp3) is 0.500. The lowest BCUT2D eigenvalue weighted by Crippen LogP contribution is -2.34. The topological polar surface area (TPSA) is 112 Å². The van der Waals surface area contributed by atoms with Gasteiger partial charge in [-0.1, -0.05) is 0 Å². The maximum Gasteiger partial charge on any atom is 0.300 e. The molecular weight excluding hydrogens is 264 g/mol. The fourth-order valence-corrected chi connectivity index (χ4v) is 1.67. The van der Waals surface area contributed by atoms with Crippen molar-refractivity contribution in [1.82, 2.24) is 9.88 Å². The van der Waals surface area contributed by atoms with Crippen molar-refractivity contribution in [2.75, 3.05) is 32.0 Å². The third-order valence-electron chi connectivity index (χ3n) is 2.71. The zero-order chi connectivity index (χ0) is 15.1. The van der Waals surface area contributed by atoms with Gasteiger partial charge >= 0.3 is 0 Å². The van der Waals surface area contributed by atoms with Crippen LogP contribution in [0.4, 0.5) is 11.5 Å². The van der Waals surface area contributed by atoms with Gasteiger partial charge in [-0.2, -0.15) is 0 Å². The molecule has 0 aliphatic carbocycles. The second kappa shape index (κ2) is 7.39. The van der Waals surface area contributed by atoms with Crippen LogP contribution in [-0.2, 0) is 4.74 Å². The quantitative estimate of drug-likeness (QED) is 0.455. The van der Waals surface area contributed by atoms with Crippen LogP contribution in [0.5, 0.6) is 0 Å². The highest BCUT2D eigenvalue weighted by Gasteiger charge is 2.24. The lowest BCUT2D eigenvalue weighted by Gasteiger charge is -2.20. The summed E-state index contributed by atoms with van der Waals surface area (Å²) in [5.41, 5.74) is 5.10. The number of nitrogens with zero attached hydrogens (tertiary/aromatic N) is 3. The normalized spacial score (nSPS) is 10.3. The molecule has 0 radical (unpaired) electrons. The Kier molecular flexibility index (Phi) is 5.85. The van der Waals surface area contributed by atoms with Crippen molar-refractivity contribution in [3.63, 3.8) is 0 Å². The fourth-order valence-electron chi connectivity index (χ4n) is 1.67. The van der Waals surface area contributed by atoms with Gasteiger partial charge in [0, 0.05) is 19.7 Å². The summed E-state index contributed by atoms with van der Waals surface area (Å²) in [5.74, 6) is -0.382. The van der Waals surface area contributed by atoms with Crippen LogP contribution in [-0.4, -0.2) is 47.0 Å². The van der Waals surface area contributed by atoms with E-state index in [1.807, 2.05) is 6.92 Å². The second-order valence-electron chi connectivity index (χ2n) is 3.97. The molecule has 0 spiro atoms. The van der Waals surface area contributed by atoms with E-state index in [0.717, 1.165) is 6.20 Å². The monoisotopic (exact) mass is 282 g/mol. The minimum atomic E-state index is -0.643. The molecule has 20 heavy (non-hydrogen) atoms. The number of aromatic nitrogens is 1. The molecule has 8 nitrogen and oxygen atoms in total. The molecule has 1 rings (SSSR count). The number of rotatable bonds is 7. The highest BCUT2D eigenvalue weighted by Crippen LogP contribution is 2.20. The summed E-state index contributed by atoms with van der Waals surface area (Å²) in [6.07, 6.45) is 0.999. The Labute approximate surface area is 116 Å². The van der Waals surface area contributed by atoms with E-state index >= 15 is 0 Å². The summed E-state index contributed by atoms with van der Waals surface area (Å²) in [6, 6.07) is 1.23. The molecule has 2 N–H and O–H groups in total. The maximum atomic E-state index is 12.3. The van der Waals surface area contributed by atoms with Crippen molar-refractivity contribution in [1.29, 1.82) is 0 Å². The van der Waals surface area contributed by atoms with Gasteiger partial charge < -0.3 is 15.4 Å². The van der Waals surface area contributed by atoms with E-state index in [0.29, 0.717) is 26.3 Å². The predicted octanol–water partition coefficient (Wildman–Crippen LogP) is 1.07. The number of nitrogen functional groups attached to an aromatic ring is 1. The van der Waals surface area contributed by atoms with E-state index in [9.17, 15) is 14.9 Å². The minimum absolute atomic E-state index is 0.0548. The van der Waals surface area contributed by atoms with Crippen molar-refractivity contribution < 1.29 is 14.5 Å². The predicted molar refractivity (Wildman–Crippen MR) is 73.4 cm³/mol. The van der Waals surface area contributed by atoms with Crippen LogP contribution in [0.2, 0.25) is 0 Å². The van der Waals surface area contributed by atoms with Gasteiger partial charge in [-0.15, -0.1) is 0 Å². The first-order chi connectivity index (χ1) is 9.51. The van der Waals surface area contributed by atoms with Gasteiger partial charge in [0.15, 0.2) is 0 Å². The summed E-state index contributed by atoms with van der Waals surface area (Å²) in [4.78, 5) is 27.7. The Balaban J connectivity index is 2.99. The number of carbonyl (C=O) groups is 1. The molecule has 0 aliphatic heterocycles. The standard InChI is InChI=1S/C12H18N4O4/c1-3-15(5-6-20-4-2)12(17)9-7-11(13)14-8-10(9)16(18)19/h7-8H,3-6H2,1-2H3,(H2,13,14). The van der Waals surface area contributed by atoms with Crippen LogP contribution in [0.1, 0.15) is 24.2 Å². The number of hydrogen-bond acceptors (Lipinski definition) is 6. The summed E-state index contributed by atoms with van der Waals surface area (Å²) >= 11 is 0. The molecule has 1 amide bonds. The molecule has 1 aromatic rings. The first-order valence-electron chi connectivity index (χ1n) is 6.28. The molecule has 0 bridgehead atoms. The van der Waals surface area contributed by atoms with Crippen molar-refractivity contribution >= 4 is 17.4 Å². The first-order valence-corrected chi connectivity index (χ1v) is 6.28. The number of nitrogens with two attached hydrogens (primary N) is 1. The molecular formula is C12H18N4O4. The summed E-state index contributed by atoms with van der Waals surface area (Å²) in [7, 11) is 0. The molecule has 8 heteroatoms. The Hall–Kier alpha value is -2.22. The lowest BCUT2D eigenvalue weighted by atomic mass is 10.2. The van der Waals surface area contributed by atoms with Gasteiger partial charge in [-0.25, -0.2) is 4.98 Å². The van der Waals surface area contributed by atoms with Crippen molar-refractivity contribution in [2.45, 2.75) is 13.8 Å². The van der Waals surface area contributed by atoms with Crippen molar-refractivity contribution in [3.05, 3.63) is 27.9 Å². The Bertz CT molecular complexity index is 492. The summed E-state index contributed by atoms with van der Waals surface area (Å²) in [6.45, 7) is 5.36. The largest absolute Gasteiger partial charge is 0.384 e. The third-order valence-corrected chi connectivity index (χ3v) is 2.71. The highest BCUT2D eigenvalue weighted by molar-refractivity contribution is 5.98. The molecule has 0 saturated carbocycles. The first kappa shape index (κ1) is 15.8. The van der Waals surface area contributed by atoms with E-state index in [1.165, 1.54) is 11.0 Å². The summed E-state index contributed by atoms with van der Waals surface area (Å²) in [5, 5.41) is 10.9. The number of amides is 1. The number of hydrogen-bond donors (Lipinski definition) is 1. The average Bonchev–Trinajstić information content (AvgIpc) is 2.42. The van der Waals surface area contributed by atoms with Gasteiger partial charge in [0.05, 0.1) is 11.5 Å². The Morgan fingerprint density at radius 3 is 2.80 bits per heavy atom. The number of carbonyl (C=O) groups excluding carboxylic acids is 1. The van der Waals surface area contributed by atoms with E-state index in [4.69, 9.17) is 10.5 Å². The molecule has 0 aromatic carbocycles. The van der Waals surface area contributed by atoms with Crippen LogP contribution >= 0.6 is 0 Å². The van der Waals surface area contributed by atoms with Gasteiger partial charge in [-0.3, -0.25) is 14.9 Å². The maximum absolute atomic E-state index is 12.3. The van der Waals surface area contributed by atoms with Crippen LogP contribution in [0.25, 0.3) is 0 Å². The molecule has 110 valence electrons. The van der Waals surface area contributed by atoms with E-state index < -0.39 is 10.8 Å². The lowest BCUT2D eigenvalue weighted by molar-refractivity contribution is -0.385. The molecule has 0 aliphatic rings. The Morgan fingerprint density at radius 2 is 2.25 bits per heavy atom. The van der Waals surface area contributed by atoms with Gasteiger partial charge in [-0.05, 0) is 19.9 Å². The summed E-state index contributed by atoms with van der Waals surface area (Å²) < 4.78 is 5.19. The zero-order valence-electron chi connectivity index (χ0n) is 11.5. The van der Waals surface area contributed by atoms with Crippen LogP contribution in [0.15, 0.2) is 12.3 Å². The van der Waals surface area contributed by atoms with Crippen molar-refractivity contribution in [3.8, 4) is 0 Å². The number of anilines is 1. The number of nitro groups is 1. The molecule has 0 atom stereocenters. The second-order valence-corrected chi connectivity index (χ2v) is 3.97. The van der Waals surface area contributed by atoms with E-state index in [-0.39, 0.29) is 17.1 Å². The van der Waals surface area contributed by atoms with E-state index in [1.54, 1.807) is 6.92 Å². The van der Waals surface area contributed by atoms with Crippen LogP contribution in [0.3, 0.4) is 0 Å². The molecule has 1 aromatic heterocycles. The van der Waals surface area contributed by atoms with Gasteiger partial charge in [0.2, 0.25) is 0 Å². The zero-order valence-corrected chi connectivity index (χ0v) is 11.5. The van der Waals surface area contributed by atoms with E-state index in [2.05, 4.69) is 4.98 Å². The number of pyridine rings is 1.